The third-order valence-corrected chi connectivity index (χ3v) is 4.35. The summed E-state index contributed by atoms with van der Waals surface area (Å²) in [6.45, 7) is 4.71. The molecule has 0 aliphatic carbocycles. The van der Waals surface area contributed by atoms with Gasteiger partial charge < -0.3 is 10.5 Å². The summed E-state index contributed by atoms with van der Waals surface area (Å²) < 4.78 is 17.1. The molecule has 1 saturated heterocycles. The molecule has 4 atom stereocenters. The molecule has 0 aromatic heterocycles. The molecule has 0 saturated carbocycles. The molecule has 1 aliphatic rings. The third kappa shape index (κ3) is 3.37. The van der Waals surface area contributed by atoms with Gasteiger partial charge in [0.1, 0.15) is 0 Å². The minimum Gasteiger partial charge on any atom is -0.377 e. The van der Waals surface area contributed by atoms with Crippen LogP contribution in [0, 0.1) is 0 Å². The van der Waals surface area contributed by atoms with Crippen molar-refractivity contribution in [2.75, 3.05) is 12.4 Å². The standard InChI is InChI=1S/C9H19NO2S/c1-7(10)4-6-13(11)9-3-5-12-8(9)2/h7-9H,3-6,10H2,1-2H3. The van der Waals surface area contributed by atoms with Crippen molar-refractivity contribution in [3.8, 4) is 0 Å². The van der Waals surface area contributed by atoms with E-state index in [1.54, 1.807) is 0 Å². The van der Waals surface area contributed by atoms with Crippen molar-refractivity contribution in [3.05, 3.63) is 0 Å². The van der Waals surface area contributed by atoms with E-state index in [1.165, 1.54) is 0 Å². The monoisotopic (exact) mass is 205 g/mol. The van der Waals surface area contributed by atoms with Gasteiger partial charge in [-0.15, -0.1) is 0 Å². The van der Waals surface area contributed by atoms with E-state index in [0.29, 0.717) is 0 Å². The number of ether oxygens (including phenoxy) is 1. The van der Waals surface area contributed by atoms with E-state index in [9.17, 15) is 4.21 Å². The molecule has 13 heavy (non-hydrogen) atoms. The summed E-state index contributed by atoms with van der Waals surface area (Å²) in [6, 6.07) is 0.154. The minimum atomic E-state index is -0.751. The summed E-state index contributed by atoms with van der Waals surface area (Å²) >= 11 is 0. The molecular formula is C9H19NO2S. The van der Waals surface area contributed by atoms with Crippen LogP contribution in [0.5, 0.6) is 0 Å². The highest BCUT2D eigenvalue weighted by atomic mass is 32.2. The fourth-order valence-electron chi connectivity index (χ4n) is 1.51. The van der Waals surface area contributed by atoms with Gasteiger partial charge in [0, 0.05) is 29.2 Å². The van der Waals surface area contributed by atoms with E-state index in [2.05, 4.69) is 0 Å². The Morgan fingerprint density at radius 3 is 2.85 bits per heavy atom. The topological polar surface area (TPSA) is 52.3 Å². The zero-order chi connectivity index (χ0) is 9.84. The summed E-state index contributed by atoms with van der Waals surface area (Å²) in [6.07, 6.45) is 1.94. The van der Waals surface area contributed by atoms with Crippen LogP contribution < -0.4 is 5.73 Å². The normalized spacial score (nSPS) is 33.2. The predicted molar refractivity (Wildman–Crippen MR) is 55.1 cm³/mol. The van der Waals surface area contributed by atoms with Crippen molar-refractivity contribution in [1.82, 2.24) is 0 Å². The van der Waals surface area contributed by atoms with E-state index < -0.39 is 10.8 Å². The Morgan fingerprint density at radius 2 is 2.38 bits per heavy atom. The zero-order valence-electron chi connectivity index (χ0n) is 8.36. The maximum atomic E-state index is 11.7. The van der Waals surface area contributed by atoms with Crippen LogP contribution in [0.4, 0.5) is 0 Å². The van der Waals surface area contributed by atoms with Crippen LogP contribution in [0.15, 0.2) is 0 Å². The second-order valence-electron chi connectivity index (χ2n) is 3.75. The van der Waals surface area contributed by atoms with Crippen molar-refractivity contribution in [2.45, 2.75) is 44.1 Å². The average Bonchev–Trinajstić information content (AvgIpc) is 2.47. The first-order valence-electron chi connectivity index (χ1n) is 4.85. The number of hydrogen-bond acceptors (Lipinski definition) is 3. The van der Waals surface area contributed by atoms with Crippen LogP contribution in [0.3, 0.4) is 0 Å². The van der Waals surface area contributed by atoms with Crippen molar-refractivity contribution in [1.29, 1.82) is 0 Å². The Balaban J connectivity index is 2.30. The highest BCUT2D eigenvalue weighted by Gasteiger charge is 2.29. The molecule has 4 heteroatoms. The highest BCUT2D eigenvalue weighted by Crippen LogP contribution is 2.19. The quantitative estimate of drug-likeness (QED) is 0.733. The predicted octanol–water partition coefficient (Wildman–Crippen LogP) is 0.650. The van der Waals surface area contributed by atoms with E-state index in [0.717, 1.165) is 25.2 Å². The van der Waals surface area contributed by atoms with E-state index >= 15 is 0 Å². The van der Waals surface area contributed by atoms with E-state index in [-0.39, 0.29) is 17.4 Å². The maximum absolute atomic E-state index is 11.7. The van der Waals surface area contributed by atoms with Crippen LogP contribution >= 0.6 is 0 Å². The van der Waals surface area contributed by atoms with Gasteiger partial charge in [-0.3, -0.25) is 4.21 Å². The SMILES string of the molecule is CC(N)CCS(=O)C1CCOC1C. The summed E-state index contributed by atoms with van der Waals surface area (Å²) in [4.78, 5) is 0. The van der Waals surface area contributed by atoms with Gasteiger partial charge in [0.05, 0.1) is 11.4 Å². The van der Waals surface area contributed by atoms with Crippen molar-refractivity contribution >= 4 is 10.8 Å². The lowest BCUT2D eigenvalue weighted by Crippen LogP contribution is -2.27. The molecule has 1 fully saturated rings. The lowest BCUT2D eigenvalue weighted by molar-refractivity contribution is 0.127. The zero-order valence-corrected chi connectivity index (χ0v) is 9.18. The fourth-order valence-corrected chi connectivity index (χ4v) is 3.28. The molecule has 0 aromatic carbocycles. The van der Waals surface area contributed by atoms with Crippen LogP contribution in [-0.2, 0) is 15.5 Å². The Kier molecular flexibility index (Phi) is 4.35. The van der Waals surface area contributed by atoms with Gasteiger partial charge in [0.15, 0.2) is 0 Å². The third-order valence-electron chi connectivity index (χ3n) is 2.42. The second-order valence-corrected chi connectivity index (χ2v) is 5.53. The Hall–Kier alpha value is 0.0700. The molecule has 0 radical (unpaired) electrons. The lowest BCUT2D eigenvalue weighted by atomic mass is 10.3. The number of hydrogen-bond donors (Lipinski definition) is 1. The van der Waals surface area contributed by atoms with E-state index in [1.807, 2.05) is 13.8 Å². The lowest BCUT2D eigenvalue weighted by Gasteiger charge is -2.14. The van der Waals surface area contributed by atoms with Gasteiger partial charge in [0.2, 0.25) is 0 Å². The summed E-state index contributed by atoms with van der Waals surface area (Å²) in [7, 11) is -0.751. The van der Waals surface area contributed by atoms with Crippen molar-refractivity contribution in [3.63, 3.8) is 0 Å². The first-order chi connectivity index (χ1) is 6.11. The Morgan fingerprint density at radius 1 is 1.69 bits per heavy atom. The molecule has 0 bridgehead atoms. The molecule has 3 nitrogen and oxygen atoms in total. The molecule has 1 heterocycles. The number of nitrogens with two attached hydrogens (primary N) is 1. The van der Waals surface area contributed by atoms with Crippen molar-refractivity contribution in [2.24, 2.45) is 5.73 Å². The Bertz CT molecular complexity index is 184. The first kappa shape index (κ1) is 11.1. The summed E-state index contributed by atoms with van der Waals surface area (Å²) in [5.74, 6) is 0.718. The molecule has 2 N–H and O–H groups in total. The molecule has 4 unspecified atom stereocenters. The average molecular weight is 205 g/mol. The fraction of sp³-hybridized carbons (Fsp3) is 1.00. The Labute approximate surface area is 82.5 Å². The van der Waals surface area contributed by atoms with Gasteiger partial charge in [0.25, 0.3) is 0 Å². The van der Waals surface area contributed by atoms with Gasteiger partial charge in [-0.2, -0.15) is 0 Å². The number of rotatable bonds is 4. The molecule has 0 amide bonds. The van der Waals surface area contributed by atoms with Crippen molar-refractivity contribution < 1.29 is 8.95 Å². The van der Waals surface area contributed by atoms with Gasteiger partial charge in [-0.1, -0.05) is 0 Å². The molecule has 0 aromatic rings. The summed E-state index contributed by atoms with van der Waals surface area (Å²) in [5.41, 5.74) is 5.61. The molecule has 1 aliphatic heterocycles. The molecular weight excluding hydrogens is 186 g/mol. The van der Waals surface area contributed by atoms with Gasteiger partial charge in [-0.05, 0) is 26.7 Å². The van der Waals surface area contributed by atoms with Crippen LogP contribution in [0.2, 0.25) is 0 Å². The van der Waals surface area contributed by atoms with Gasteiger partial charge >= 0.3 is 0 Å². The van der Waals surface area contributed by atoms with Crippen LogP contribution in [0.1, 0.15) is 26.7 Å². The molecule has 1 rings (SSSR count). The van der Waals surface area contributed by atoms with Crippen LogP contribution in [0.25, 0.3) is 0 Å². The molecule has 0 spiro atoms. The minimum absolute atomic E-state index is 0.154. The second kappa shape index (κ2) is 5.08. The van der Waals surface area contributed by atoms with Crippen LogP contribution in [-0.4, -0.2) is 34.0 Å². The maximum Gasteiger partial charge on any atom is 0.0691 e. The molecule has 78 valence electrons. The highest BCUT2D eigenvalue weighted by molar-refractivity contribution is 7.85. The van der Waals surface area contributed by atoms with E-state index in [4.69, 9.17) is 10.5 Å². The summed E-state index contributed by atoms with van der Waals surface area (Å²) in [5, 5.41) is 0.235. The smallest absolute Gasteiger partial charge is 0.0691 e. The van der Waals surface area contributed by atoms with Gasteiger partial charge in [-0.25, -0.2) is 0 Å². The first-order valence-corrected chi connectivity index (χ1v) is 6.24. The largest absolute Gasteiger partial charge is 0.377 e.